The number of rotatable bonds is 36. The van der Waals surface area contributed by atoms with Crippen LogP contribution in [0.3, 0.4) is 0 Å². The fourth-order valence-corrected chi connectivity index (χ4v) is 3.31. The van der Waals surface area contributed by atoms with Crippen molar-refractivity contribution in [3.63, 3.8) is 0 Å². The molecule has 0 aromatic heterocycles. The maximum Gasteiger partial charge on any atom is 0.305 e. The standard InChI is InChI=1S/C32H56O13/c1-2-6-32(33)45-30-28-43-26-24-41-22-20-39-18-16-37-14-12-35-10-9-34-11-13-36-15-17-38-19-21-40-23-25-42-27-29-44-31-7-4-3-5-8-31/h3-5,7-8H,2,6,9-30H2,1H3. The van der Waals surface area contributed by atoms with Crippen molar-refractivity contribution in [2.75, 3.05) is 145 Å². The van der Waals surface area contributed by atoms with Crippen molar-refractivity contribution in [1.82, 2.24) is 0 Å². The lowest BCUT2D eigenvalue weighted by Crippen LogP contribution is -2.15. The number of ether oxygens (including phenoxy) is 12. The maximum absolute atomic E-state index is 11.2. The third-order valence-corrected chi connectivity index (χ3v) is 5.53. The zero-order chi connectivity index (χ0) is 32.1. The highest BCUT2D eigenvalue weighted by atomic mass is 16.6. The lowest BCUT2D eigenvalue weighted by molar-refractivity contribution is -0.145. The first-order chi connectivity index (χ1) is 22.3. The van der Waals surface area contributed by atoms with E-state index in [-0.39, 0.29) is 12.6 Å². The van der Waals surface area contributed by atoms with E-state index in [1.165, 1.54) is 0 Å². The van der Waals surface area contributed by atoms with Gasteiger partial charge in [-0.1, -0.05) is 25.1 Å². The van der Waals surface area contributed by atoms with Gasteiger partial charge in [-0.05, 0) is 18.6 Å². The molecule has 0 bridgehead atoms. The highest BCUT2D eigenvalue weighted by Gasteiger charge is 2.00. The molecule has 0 heterocycles. The van der Waals surface area contributed by atoms with E-state index >= 15 is 0 Å². The first kappa shape index (κ1) is 41.1. The van der Waals surface area contributed by atoms with E-state index in [2.05, 4.69) is 0 Å². The Hall–Kier alpha value is -1.91. The van der Waals surface area contributed by atoms with E-state index in [0.717, 1.165) is 12.2 Å². The average Bonchev–Trinajstić information content (AvgIpc) is 3.05. The largest absolute Gasteiger partial charge is 0.491 e. The summed E-state index contributed by atoms with van der Waals surface area (Å²) < 4.78 is 65.0. The van der Waals surface area contributed by atoms with Crippen molar-refractivity contribution in [3.8, 4) is 5.75 Å². The molecule has 0 N–H and O–H groups in total. The zero-order valence-corrected chi connectivity index (χ0v) is 27.2. The summed E-state index contributed by atoms with van der Waals surface area (Å²) in [4.78, 5) is 11.2. The normalized spacial score (nSPS) is 11.2. The summed E-state index contributed by atoms with van der Waals surface area (Å²) in [6.07, 6.45) is 1.23. The van der Waals surface area contributed by atoms with Crippen LogP contribution in [0.1, 0.15) is 19.8 Å². The van der Waals surface area contributed by atoms with Crippen LogP contribution >= 0.6 is 0 Å². The number of esters is 1. The predicted octanol–water partition coefficient (Wildman–Crippen LogP) is 2.57. The SMILES string of the molecule is CCCC(=O)OCCOCCOCCOCCOCCOCCOCCOCCOCCOCCOCCOc1ccccc1. The lowest BCUT2D eigenvalue weighted by atomic mass is 10.3. The van der Waals surface area contributed by atoms with Crippen molar-refractivity contribution >= 4 is 5.97 Å². The Morgan fingerprint density at radius 3 is 1.02 bits per heavy atom. The number of carbonyl (C=O) groups is 1. The van der Waals surface area contributed by atoms with E-state index < -0.39 is 0 Å². The van der Waals surface area contributed by atoms with Gasteiger partial charge in [0.25, 0.3) is 0 Å². The van der Waals surface area contributed by atoms with Gasteiger partial charge in [0.15, 0.2) is 0 Å². The van der Waals surface area contributed by atoms with Crippen LogP contribution in [-0.2, 0) is 56.9 Å². The van der Waals surface area contributed by atoms with Crippen LogP contribution in [0, 0.1) is 0 Å². The molecule has 0 amide bonds. The molecule has 0 atom stereocenters. The molecular weight excluding hydrogens is 592 g/mol. The predicted molar refractivity (Wildman–Crippen MR) is 166 cm³/mol. The van der Waals surface area contributed by atoms with E-state index in [9.17, 15) is 4.79 Å². The van der Waals surface area contributed by atoms with Gasteiger partial charge in [-0.2, -0.15) is 0 Å². The van der Waals surface area contributed by atoms with Crippen molar-refractivity contribution in [3.05, 3.63) is 30.3 Å². The van der Waals surface area contributed by atoms with Gasteiger partial charge in [0.1, 0.15) is 19.0 Å². The summed E-state index contributed by atoms with van der Waals surface area (Å²) in [7, 11) is 0. The lowest BCUT2D eigenvalue weighted by Gasteiger charge is -2.09. The fraction of sp³-hybridized carbons (Fsp3) is 0.781. The number of hydrogen-bond acceptors (Lipinski definition) is 13. The highest BCUT2D eigenvalue weighted by Crippen LogP contribution is 2.07. The second-order valence-electron chi connectivity index (χ2n) is 9.26. The van der Waals surface area contributed by atoms with Crippen molar-refractivity contribution < 1.29 is 61.6 Å². The minimum Gasteiger partial charge on any atom is -0.491 e. The molecule has 262 valence electrons. The summed E-state index contributed by atoms with van der Waals surface area (Å²) in [5.41, 5.74) is 0. The van der Waals surface area contributed by atoms with Gasteiger partial charge in [0, 0.05) is 6.42 Å². The smallest absolute Gasteiger partial charge is 0.305 e. The molecule has 45 heavy (non-hydrogen) atoms. The van der Waals surface area contributed by atoms with Gasteiger partial charge in [-0.3, -0.25) is 4.79 Å². The van der Waals surface area contributed by atoms with Gasteiger partial charge in [-0.15, -0.1) is 0 Å². The summed E-state index contributed by atoms with van der Waals surface area (Å²) >= 11 is 0. The fourth-order valence-electron chi connectivity index (χ4n) is 3.31. The molecule has 1 aromatic carbocycles. The molecule has 0 radical (unpaired) electrons. The Labute approximate surface area is 268 Å². The zero-order valence-electron chi connectivity index (χ0n) is 27.2. The Kier molecular flexibility index (Phi) is 31.9. The summed E-state index contributed by atoms with van der Waals surface area (Å²) in [5.74, 6) is 0.653. The van der Waals surface area contributed by atoms with Crippen molar-refractivity contribution in [2.24, 2.45) is 0 Å². The van der Waals surface area contributed by atoms with Gasteiger partial charge in [0.05, 0.1) is 132 Å². The number of hydrogen-bond donors (Lipinski definition) is 0. The van der Waals surface area contributed by atoms with E-state index in [0.29, 0.717) is 145 Å². The van der Waals surface area contributed by atoms with E-state index in [4.69, 9.17) is 56.8 Å². The molecule has 1 aromatic rings. The molecule has 0 unspecified atom stereocenters. The van der Waals surface area contributed by atoms with Crippen LogP contribution in [0.2, 0.25) is 0 Å². The highest BCUT2D eigenvalue weighted by molar-refractivity contribution is 5.69. The third kappa shape index (κ3) is 31.8. The Balaban J connectivity index is 1.62. The Morgan fingerprint density at radius 1 is 0.422 bits per heavy atom. The topological polar surface area (TPSA) is 128 Å². The molecule has 0 fully saturated rings. The molecule has 0 spiro atoms. The molecule has 1 rings (SSSR count). The monoisotopic (exact) mass is 648 g/mol. The third-order valence-electron chi connectivity index (χ3n) is 5.53. The number of carbonyl (C=O) groups excluding carboxylic acids is 1. The summed E-state index contributed by atoms with van der Waals surface area (Å²) in [5, 5.41) is 0. The Morgan fingerprint density at radius 2 is 0.711 bits per heavy atom. The molecule has 0 saturated heterocycles. The summed E-state index contributed by atoms with van der Waals surface area (Å²) in [6, 6.07) is 9.66. The molecule has 0 aliphatic heterocycles. The van der Waals surface area contributed by atoms with Crippen LogP contribution in [0.5, 0.6) is 5.75 Å². The number of para-hydroxylation sites is 1. The van der Waals surface area contributed by atoms with Crippen molar-refractivity contribution in [2.45, 2.75) is 19.8 Å². The van der Waals surface area contributed by atoms with Crippen LogP contribution < -0.4 is 4.74 Å². The van der Waals surface area contributed by atoms with Crippen LogP contribution in [0.15, 0.2) is 30.3 Å². The second kappa shape index (κ2) is 35.0. The first-order valence-electron chi connectivity index (χ1n) is 15.9. The van der Waals surface area contributed by atoms with Gasteiger partial charge in [0.2, 0.25) is 0 Å². The molecular formula is C32H56O13. The van der Waals surface area contributed by atoms with Gasteiger partial charge in [-0.25, -0.2) is 0 Å². The molecule has 13 heteroatoms. The van der Waals surface area contributed by atoms with Gasteiger partial charge >= 0.3 is 5.97 Å². The van der Waals surface area contributed by atoms with Crippen LogP contribution in [-0.4, -0.2) is 151 Å². The molecule has 13 nitrogen and oxygen atoms in total. The second-order valence-corrected chi connectivity index (χ2v) is 9.26. The van der Waals surface area contributed by atoms with E-state index in [1.807, 2.05) is 37.3 Å². The number of benzene rings is 1. The minimum atomic E-state index is -0.188. The molecule has 0 aliphatic rings. The first-order valence-corrected chi connectivity index (χ1v) is 15.9. The minimum absolute atomic E-state index is 0.188. The van der Waals surface area contributed by atoms with Gasteiger partial charge < -0.3 is 56.8 Å². The van der Waals surface area contributed by atoms with E-state index in [1.54, 1.807) is 0 Å². The maximum atomic E-state index is 11.2. The van der Waals surface area contributed by atoms with Crippen LogP contribution in [0.25, 0.3) is 0 Å². The average molecular weight is 649 g/mol. The molecule has 0 aliphatic carbocycles. The molecule has 0 saturated carbocycles. The Bertz CT molecular complexity index is 726. The quantitative estimate of drug-likeness (QED) is 0.0782. The summed E-state index contributed by atoms with van der Waals surface area (Å²) in [6.45, 7) is 12.6. The van der Waals surface area contributed by atoms with Crippen LogP contribution in [0.4, 0.5) is 0 Å². The van der Waals surface area contributed by atoms with Crippen molar-refractivity contribution in [1.29, 1.82) is 0 Å².